The highest BCUT2D eigenvalue weighted by atomic mass is 35.5. The van der Waals surface area contributed by atoms with Crippen molar-refractivity contribution < 1.29 is 13.2 Å². The predicted octanol–water partition coefficient (Wildman–Crippen LogP) is 5.55. The van der Waals surface area contributed by atoms with Gasteiger partial charge < -0.3 is 9.88 Å². The lowest BCUT2D eigenvalue weighted by Crippen LogP contribution is -2.45. The number of nitrogens with one attached hydrogen (secondary N) is 1. The monoisotopic (exact) mass is 608 g/mol. The molecule has 1 N–H and O–H groups in total. The van der Waals surface area contributed by atoms with E-state index in [4.69, 9.17) is 11.6 Å². The molecule has 1 saturated heterocycles. The standard InChI is InChI=1S/C33H41ClN4O3S/c1-23-18-32(24(2)17-29(23)34)42(40,41)38-16-15-37-14-6-7-30(37)31(38)21-33(39)35-28-11-10-26-19-25(8-9-27(26)20-28)22-36-12-4-3-5-13-36/h6-9,14,17-19,28,31H,3-5,10-13,15-16,20-22H2,1-2H3,(H,35,39). The van der Waals surface area contributed by atoms with Crippen LogP contribution in [-0.2, 0) is 40.7 Å². The van der Waals surface area contributed by atoms with Gasteiger partial charge in [-0.25, -0.2) is 8.42 Å². The van der Waals surface area contributed by atoms with Gasteiger partial charge in [0.1, 0.15) is 0 Å². The van der Waals surface area contributed by atoms with Crippen LogP contribution in [0.15, 0.2) is 53.6 Å². The van der Waals surface area contributed by atoms with E-state index in [1.54, 1.807) is 19.1 Å². The quantitative estimate of drug-likeness (QED) is 0.381. The number of benzene rings is 2. The highest BCUT2D eigenvalue weighted by Gasteiger charge is 2.39. The van der Waals surface area contributed by atoms with Crippen molar-refractivity contribution in [3.8, 4) is 0 Å². The van der Waals surface area contributed by atoms with E-state index in [1.807, 2.05) is 25.3 Å². The SMILES string of the molecule is Cc1cc(S(=O)(=O)N2CCn3cccc3C2CC(=O)NC2CCc3cc(CN4CCCCC4)ccc3C2)c(C)cc1Cl. The Morgan fingerprint density at radius 1 is 0.976 bits per heavy atom. The van der Waals surface area contributed by atoms with Crippen LogP contribution in [0, 0.1) is 13.8 Å². The van der Waals surface area contributed by atoms with Crippen LogP contribution in [0.1, 0.15) is 71.7 Å². The Bertz CT molecular complexity index is 1580. The lowest BCUT2D eigenvalue weighted by atomic mass is 9.87. The summed E-state index contributed by atoms with van der Waals surface area (Å²) in [5.74, 6) is -0.117. The second-order valence-corrected chi connectivity index (χ2v) is 14.5. The molecule has 0 spiro atoms. The molecule has 6 rings (SSSR count). The number of hydrogen-bond donors (Lipinski definition) is 1. The zero-order chi connectivity index (χ0) is 29.4. The predicted molar refractivity (Wildman–Crippen MR) is 166 cm³/mol. The van der Waals surface area contributed by atoms with Gasteiger partial charge in [0.2, 0.25) is 15.9 Å². The third-order valence-electron chi connectivity index (χ3n) is 9.26. The molecule has 0 saturated carbocycles. The third-order valence-corrected chi connectivity index (χ3v) is 11.7. The maximum Gasteiger partial charge on any atom is 0.244 e. The average Bonchev–Trinajstić information content (AvgIpc) is 3.45. The maximum atomic E-state index is 14.0. The molecule has 1 aliphatic carbocycles. The van der Waals surface area contributed by atoms with E-state index < -0.39 is 16.1 Å². The van der Waals surface area contributed by atoms with Crippen LogP contribution < -0.4 is 5.32 Å². The molecule has 1 aromatic heterocycles. The normalized spacial score (nSPS) is 21.5. The topological polar surface area (TPSA) is 74.6 Å². The number of carbonyl (C=O) groups is 1. The first-order valence-corrected chi connectivity index (χ1v) is 17.1. The minimum atomic E-state index is -3.86. The van der Waals surface area contributed by atoms with E-state index >= 15 is 0 Å². The Hall–Kier alpha value is -2.65. The van der Waals surface area contributed by atoms with E-state index in [-0.39, 0.29) is 23.3 Å². The van der Waals surface area contributed by atoms with Crippen LogP contribution in [-0.4, -0.2) is 53.8 Å². The van der Waals surface area contributed by atoms with Crippen molar-refractivity contribution in [2.24, 2.45) is 0 Å². The van der Waals surface area contributed by atoms with E-state index in [0.717, 1.165) is 31.5 Å². The van der Waals surface area contributed by atoms with Crippen molar-refractivity contribution in [3.63, 3.8) is 0 Å². The Labute approximate surface area is 254 Å². The molecule has 224 valence electrons. The third kappa shape index (κ3) is 6.05. The summed E-state index contributed by atoms with van der Waals surface area (Å²) in [6, 6.07) is 13.5. The summed E-state index contributed by atoms with van der Waals surface area (Å²) in [4.78, 5) is 16.3. The molecular formula is C33H41ClN4O3S. The number of carbonyl (C=O) groups excluding carboxylic acids is 1. The number of rotatable bonds is 7. The van der Waals surface area contributed by atoms with Crippen molar-refractivity contribution in [2.45, 2.75) is 88.9 Å². The number of amides is 1. The molecule has 2 aromatic carbocycles. The first kappa shape index (κ1) is 29.4. The number of halogens is 1. The largest absolute Gasteiger partial charge is 0.353 e. The van der Waals surface area contributed by atoms with Crippen molar-refractivity contribution >= 4 is 27.5 Å². The molecule has 7 nitrogen and oxygen atoms in total. The fourth-order valence-electron chi connectivity index (χ4n) is 6.96. The van der Waals surface area contributed by atoms with Gasteiger partial charge in [-0.2, -0.15) is 4.31 Å². The summed E-state index contributed by atoms with van der Waals surface area (Å²) < 4.78 is 31.6. The summed E-state index contributed by atoms with van der Waals surface area (Å²) in [6.07, 6.45) is 8.60. The summed E-state index contributed by atoms with van der Waals surface area (Å²) >= 11 is 6.28. The van der Waals surface area contributed by atoms with Crippen LogP contribution in [0.25, 0.3) is 0 Å². The lowest BCUT2D eigenvalue weighted by Gasteiger charge is -2.36. The zero-order valence-corrected chi connectivity index (χ0v) is 26.2. The summed E-state index contributed by atoms with van der Waals surface area (Å²) in [5.41, 5.74) is 6.25. The molecule has 2 unspecified atom stereocenters. The number of sulfonamides is 1. The molecule has 1 fully saturated rings. The van der Waals surface area contributed by atoms with Crippen LogP contribution in [0.4, 0.5) is 0 Å². The Balaban J connectivity index is 1.15. The van der Waals surface area contributed by atoms with E-state index in [2.05, 4.69) is 33.0 Å². The Morgan fingerprint density at radius 2 is 1.79 bits per heavy atom. The summed E-state index contributed by atoms with van der Waals surface area (Å²) in [7, 11) is -3.86. The molecule has 2 atom stereocenters. The smallest absolute Gasteiger partial charge is 0.244 e. The lowest BCUT2D eigenvalue weighted by molar-refractivity contribution is -0.123. The molecule has 42 heavy (non-hydrogen) atoms. The van der Waals surface area contributed by atoms with Crippen molar-refractivity contribution in [1.29, 1.82) is 0 Å². The van der Waals surface area contributed by atoms with Gasteiger partial charge >= 0.3 is 0 Å². The minimum absolute atomic E-state index is 0.0412. The molecule has 2 aliphatic heterocycles. The van der Waals surface area contributed by atoms with Gasteiger partial charge in [-0.3, -0.25) is 9.69 Å². The number of nitrogens with zero attached hydrogens (tertiary/aromatic N) is 3. The van der Waals surface area contributed by atoms with Crippen molar-refractivity contribution in [2.75, 3.05) is 19.6 Å². The molecule has 3 heterocycles. The number of likely N-dealkylation sites (tertiary alicyclic amines) is 1. The van der Waals surface area contributed by atoms with Gasteiger partial charge in [0.25, 0.3) is 0 Å². The second kappa shape index (κ2) is 12.2. The molecule has 9 heteroatoms. The number of aryl methyl sites for hydroxylation is 3. The van der Waals surface area contributed by atoms with Gasteiger partial charge in [-0.05, 0) is 111 Å². The number of aromatic nitrogens is 1. The number of fused-ring (bicyclic) bond motifs is 2. The van der Waals surface area contributed by atoms with E-state index in [0.29, 0.717) is 29.2 Å². The molecule has 0 bridgehead atoms. The number of hydrogen-bond acceptors (Lipinski definition) is 4. The molecule has 0 radical (unpaired) electrons. The average molecular weight is 609 g/mol. The van der Waals surface area contributed by atoms with E-state index in [9.17, 15) is 13.2 Å². The van der Waals surface area contributed by atoms with Gasteiger partial charge in [0.15, 0.2) is 0 Å². The molecule has 3 aromatic rings. The number of piperidine rings is 1. The first-order chi connectivity index (χ1) is 20.2. The van der Waals surface area contributed by atoms with Crippen molar-refractivity contribution in [3.05, 3.63) is 87.2 Å². The van der Waals surface area contributed by atoms with Crippen LogP contribution in [0.2, 0.25) is 5.02 Å². The van der Waals surface area contributed by atoms with Gasteiger partial charge in [-0.1, -0.05) is 36.2 Å². The molecular weight excluding hydrogens is 568 g/mol. The molecule has 1 amide bonds. The Kier molecular flexibility index (Phi) is 8.51. The maximum absolute atomic E-state index is 14.0. The van der Waals surface area contributed by atoms with Crippen LogP contribution in [0.3, 0.4) is 0 Å². The zero-order valence-electron chi connectivity index (χ0n) is 24.6. The minimum Gasteiger partial charge on any atom is -0.353 e. The van der Waals surface area contributed by atoms with Crippen molar-refractivity contribution in [1.82, 2.24) is 19.1 Å². The summed E-state index contributed by atoms with van der Waals surface area (Å²) in [5, 5.41) is 3.80. The fraction of sp³-hybridized carbons (Fsp3) is 0.485. The highest BCUT2D eigenvalue weighted by Crippen LogP contribution is 2.36. The Morgan fingerprint density at radius 3 is 2.60 bits per heavy atom. The molecule has 3 aliphatic rings. The first-order valence-electron chi connectivity index (χ1n) is 15.2. The van der Waals surface area contributed by atoms with Gasteiger partial charge in [0, 0.05) is 49.0 Å². The van der Waals surface area contributed by atoms with Crippen LogP contribution >= 0.6 is 11.6 Å². The second-order valence-electron chi connectivity index (χ2n) is 12.3. The highest BCUT2D eigenvalue weighted by molar-refractivity contribution is 7.89. The van der Waals surface area contributed by atoms with Gasteiger partial charge in [0.05, 0.1) is 10.9 Å². The van der Waals surface area contributed by atoms with Gasteiger partial charge in [-0.15, -0.1) is 0 Å². The van der Waals surface area contributed by atoms with E-state index in [1.165, 1.54) is 53.3 Å². The fourth-order valence-corrected chi connectivity index (χ4v) is 9.07. The summed E-state index contributed by atoms with van der Waals surface area (Å²) in [6.45, 7) is 7.83. The van der Waals surface area contributed by atoms with Crippen LogP contribution in [0.5, 0.6) is 0 Å².